The number of likely N-dealkylation sites (N-methyl/N-ethyl adjacent to an activating group) is 1. The molecule has 30 heavy (non-hydrogen) atoms. The van der Waals surface area contributed by atoms with E-state index in [9.17, 15) is 4.79 Å². The number of hydrazone groups is 1. The Bertz CT molecular complexity index is 1010. The lowest BCUT2D eigenvalue weighted by Crippen LogP contribution is -2.44. The van der Waals surface area contributed by atoms with Crippen LogP contribution in [0, 0.1) is 0 Å². The number of nitrogens with zero attached hydrogens (tertiary/aromatic N) is 2. The van der Waals surface area contributed by atoms with E-state index < -0.39 is 0 Å². The van der Waals surface area contributed by atoms with Crippen LogP contribution >= 0.6 is 11.6 Å². The van der Waals surface area contributed by atoms with E-state index in [2.05, 4.69) is 49.2 Å². The third-order valence-electron chi connectivity index (χ3n) is 5.30. The maximum Gasteiger partial charge on any atom is 0.244 e. The molecule has 2 aromatic rings. The normalized spacial score (nSPS) is 15.0. The minimum atomic E-state index is -0.205. The Morgan fingerprint density at radius 2 is 2.07 bits per heavy atom. The average molecular weight is 426 g/mol. The summed E-state index contributed by atoms with van der Waals surface area (Å²) in [5.74, 6) is 0.515. The number of nitrogens with one attached hydrogen (secondary N) is 1. The Hall–Kier alpha value is -2.79. The predicted molar refractivity (Wildman–Crippen MR) is 125 cm³/mol. The molecule has 6 heteroatoms. The molecule has 1 N–H and O–H groups in total. The molecule has 0 fully saturated rings. The van der Waals surface area contributed by atoms with Gasteiger partial charge in [-0.25, -0.2) is 5.43 Å². The molecule has 3 rings (SSSR count). The van der Waals surface area contributed by atoms with E-state index in [0.717, 1.165) is 34.7 Å². The second kappa shape index (κ2) is 8.92. The summed E-state index contributed by atoms with van der Waals surface area (Å²) in [6, 6.07) is 11.4. The van der Waals surface area contributed by atoms with Crippen molar-refractivity contribution in [3.05, 3.63) is 64.2 Å². The number of hydrogen-bond acceptors (Lipinski definition) is 4. The lowest BCUT2D eigenvalue weighted by Gasteiger charge is -2.43. The van der Waals surface area contributed by atoms with Crippen molar-refractivity contribution in [2.24, 2.45) is 5.10 Å². The Kier molecular flexibility index (Phi) is 6.52. The number of methoxy groups -OCH3 is 1. The molecule has 0 spiro atoms. The summed E-state index contributed by atoms with van der Waals surface area (Å²) >= 11 is 6.54. The molecule has 1 amide bonds. The number of carbonyl (C=O) groups is 1. The molecule has 0 aromatic heterocycles. The van der Waals surface area contributed by atoms with Gasteiger partial charge in [0, 0.05) is 23.4 Å². The molecule has 1 aliphatic heterocycles. The number of hydrogen-bond donors (Lipinski definition) is 1. The maximum atomic E-state index is 12.2. The fourth-order valence-corrected chi connectivity index (χ4v) is 4.18. The molecule has 0 radical (unpaired) electrons. The molecular weight excluding hydrogens is 398 g/mol. The Labute approximate surface area is 183 Å². The van der Waals surface area contributed by atoms with Gasteiger partial charge in [0.2, 0.25) is 5.91 Å². The van der Waals surface area contributed by atoms with Crippen molar-refractivity contribution in [3.63, 3.8) is 0 Å². The maximum absolute atomic E-state index is 12.2. The quantitative estimate of drug-likeness (QED) is 0.519. The summed E-state index contributed by atoms with van der Waals surface area (Å²) in [4.78, 5) is 14.5. The van der Waals surface area contributed by atoms with Gasteiger partial charge in [-0.1, -0.05) is 29.8 Å². The Balaban J connectivity index is 1.75. The number of amides is 1. The van der Waals surface area contributed by atoms with Gasteiger partial charge in [-0.3, -0.25) is 4.79 Å². The van der Waals surface area contributed by atoms with Crippen molar-refractivity contribution in [3.8, 4) is 5.75 Å². The van der Waals surface area contributed by atoms with Gasteiger partial charge in [0.25, 0.3) is 0 Å². The summed E-state index contributed by atoms with van der Waals surface area (Å²) < 4.78 is 5.19. The number of anilines is 1. The van der Waals surface area contributed by atoms with Gasteiger partial charge in [0.1, 0.15) is 5.75 Å². The highest BCUT2D eigenvalue weighted by molar-refractivity contribution is 6.33. The van der Waals surface area contributed by atoms with Crippen LogP contribution < -0.4 is 15.1 Å². The second-order valence-electron chi connectivity index (χ2n) is 7.94. The Morgan fingerprint density at radius 3 is 2.77 bits per heavy atom. The van der Waals surface area contributed by atoms with Gasteiger partial charge in [-0.15, -0.1) is 0 Å². The van der Waals surface area contributed by atoms with Gasteiger partial charge >= 0.3 is 0 Å². The molecule has 158 valence electrons. The van der Waals surface area contributed by atoms with Crippen LogP contribution in [-0.4, -0.2) is 31.3 Å². The van der Waals surface area contributed by atoms with Gasteiger partial charge in [0.15, 0.2) is 0 Å². The second-order valence-corrected chi connectivity index (χ2v) is 8.34. The molecule has 5 nitrogen and oxygen atoms in total. The molecule has 0 saturated heterocycles. The van der Waals surface area contributed by atoms with E-state index in [1.54, 1.807) is 13.3 Å². The number of carbonyl (C=O) groups excluding carboxylic acids is 1. The molecule has 0 saturated carbocycles. The number of benzene rings is 2. The van der Waals surface area contributed by atoms with Gasteiger partial charge in [-0.2, -0.15) is 5.10 Å². The zero-order valence-electron chi connectivity index (χ0n) is 18.1. The summed E-state index contributed by atoms with van der Waals surface area (Å²) in [6.45, 7) is 9.53. The number of fused-ring (bicyclic) bond motifs is 1. The summed E-state index contributed by atoms with van der Waals surface area (Å²) in [5.41, 5.74) is 7.58. The molecule has 0 bridgehead atoms. The zero-order chi connectivity index (χ0) is 21.9. The molecule has 2 aromatic carbocycles. The highest BCUT2D eigenvalue weighted by Crippen LogP contribution is 2.40. The van der Waals surface area contributed by atoms with Crippen molar-refractivity contribution in [1.29, 1.82) is 0 Å². The number of allylic oxidation sites excluding steroid dienone is 1. The Morgan fingerprint density at radius 1 is 1.30 bits per heavy atom. The standard InChI is InChI=1S/C24H28ClN3O2/c1-6-28-22-13-21(25)18(12-20(22)16(2)14-24(28,3)4)15-26-27-23(29)11-17-8-7-9-19(10-17)30-5/h7-10,12-15H,6,11H2,1-5H3,(H,27,29)/b26-15+. The van der Waals surface area contributed by atoms with Crippen LogP contribution in [0.15, 0.2) is 47.6 Å². The van der Waals surface area contributed by atoms with Gasteiger partial charge < -0.3 is 9.64 Å². The number of ether oxygens (including phenoxy) is 1. The molecular formula is C24H28ClN3O2. The first kappa shape index (κ1) is 21.9. The van der Waals surface area contributed by atoms with E-state index in [1.807, 2.05) is 36.4 Å². The lowest BCUT2D eigenvalue weighted by molar-refractivity contribution is -0.120. The third kappa shape index (κ3) is 4.68. The molecule has 1 heterocycles. The van der Waals surface area contributed by atoms with Crippen molar-refractivity contribution >= 4 is 35.0 Å². The van der Waals surface area contributed by atoms with Crippen LogP contribution in [0.3, 0.4) is 0 Å². The molecule has 0 aliphatic carbocycles. The first-order valence-corrected chi connectivity index (χ1v) is 10.4. The molecule has 0 atom stereocenters. The van der Waals surface area contributed by atoms with Crippen molar-refractivity contribution in [2.45, 2.75) is 39.7 Å². The largest absolute Gasteiger partial charge is 0.497 e. The predicted octanol–water partition coefficient (Wildman–Crippen LogP) is 5.06. The fraction of sp³-hybridized carbons (Fsp3) is 0.333. The monoisotopic (exact) mass is 425 g/mol. The number of rotatable bonds is 6. The van der Waals surface area contributed by atoms with Gasteiger partial charge in [0.05, 0.1) is 30.3 Å². The fourth-order valence-electron chi connectivity index (χ4n) is 3.97. The molecule has 1 aliphatic rings. The minimum absolute atomic E-state index is 0.0706. The number of halogens is 1. The highest BCUT2D eigenvalue weighted by Gasteiger charge is 2.30. The van der Waals surface area contributed by atoms with Crippen LogP contribution in [-0.2, 0) is 11.2 Å². The SMILES string of the molecule is CCN1c2cc(Cl)c(/C=N/NC(=O)Cc3cccc(OC)c3)cc2C(C)=CC1(C)C. The first-order chi connectivity index (χ1) is 14.2. The molecule has 0 unspecified atom stereocenters. The van der Waals surface area contributed by atoms with Crippen LogP contribution in [0.2, 0.25) is 5.02 Å². The third-order valence-corrected chi connectivity index (χ3v) is 5.63. The smallest absolute Gasteiger partial charge is 0.244 e. The van der Waals surface area contributed by atoms with E-state index in [-0.39, 0.29) is 17.9 Å². The summed E-state index contributed by atoms with van der Waals surface area (Å²) in [7, 11) is 1.60. The van der Waals surface area contributed by atoms with E-state index >= 15 is 0 Å². The zero-order valence-corrected chi connectivity index (χ0v) is 18.9. The van der Waals surface area contributed by atoms with E-state index in [0.29, 0.717) is 5.02 Å². The van der Waals surface area contributed by atoms with E-state index in [4.69, 9.17) is 16.3 Å². The summed E-state index contributed by atoms with van der Waals surface area (Å²) in [5, 5.41) is 4.71. The van der Waals surface area contributed by atoms with Crippen LogP contribution in [0.4, 0.5) is 5.69 Å². The van der Waals surface area contributed by atoms with Crippen LogP contribution in [0.25, 0.3) is 5.57 Å². The van der Waals surface area contributed by atoms with Crippen molar-refractivity contribution in [2.75, 3.05) is 18.6 Å². The van der Waals surface area contributed by atoms with Crippen LogP contribution in [0.1, 0.15) is 44.4 Å². The highest BCUT2D eigenvalue weighted by atomic mass is 35.5. The topological polar surface area (TPSA) is 53.9 Å². The lowest BCUT2D eigenvalue weighted by atomic mass is 9.88. The van der Waals surface area contributed by atoms with E-state index in [1.165, 1.54) is 5.57 Å². The average Bonchev–Trinajstić information content (AvgIpc) is 2.68. The van der Waals surface area contributed by atoms with Gasteiger partial charge in [-0.05, 0) is 63.1 Å². The van der Waals surface area contributed by atoms with Crippen molar-refractivity contribution in [1.82, 2.24) is 5.43 Å². The van der Waals surface area contributed by atoms with Crippen LogP contribution in [0.5, 0.6) is 5.75 Å². The minimum Gasteiger partial charge on any atom is -0.497 e. The first-order valence-electron chi connectivity index (χ1n) is 10.0. The summed E-state index contributed by atoms with van der Waals surface area (Å²) in [6.07, 6.45) is 4.08. The van der Waals surface area contributed by atoms with Crippen molar-refractivity contribution < 1.29 is 9.53 Å².